The molecule has 0 radical (unpaired) electrons. The van der Waals surface area contributed by atoms with Gasteiger partial charge >= 0.3 is 0 Å². The number of aryl methyl sites for hydroxylation is 3. The van der Waals surface area contributed by atoms with Gasteiger partial charge in [0.15, 0.2) is 0 Å². The van der Waals surface area contributed by atoms with Gasteiger partial charge in [0.05, 0.1) is 6.04 Å². The summed E-state index contributed by atoms with van der Waals surface area (Å²) in [5.41, 5.74) is 6.32. The highest BCUT2D eigenvalue weighted by Crippen LogP contribution is 2.27. The second kappa shape index (κ2) is 5.98. The molecule has 1 heterocycles. The van der Waals surface area contributed by atoms with Gasteiger partial charge in [0.25, 0.3) is 0 Å². The van der Waals surface area contributed by atoms with Gasteiger partial charge in [0.1, 0.15) is 0 Å². The molecule has 1 unspecified atom stereocenters. The molecule has 2 heteroatoms. The van der Waals surface area contributed by atoms with Crippen LogP contribution in [0.2, 0.25) is 0 Å². The van der Waals surface area contributed by atoms with E-state index in [0.717, 1.165) is 12.2 Å². The van der Waals surface area contributed by atoms with E-state index < -0.39 is 0 Å². The van der Waals surface area contributed by atoms with E-state index in [4.69, 9.17) is 0 Å². The highest BCUT2D eigenvalue weighted by atomic mass is 14.9. The molecule has 1 aromatic heterocycles. The minimum absolute atomic E-state index is 0.221. The predicted molar refractivity (Wildman–Crippen MR) is 80.4 cm³/mol. The second-order valence-electron chi connectivity index (χ2n) is 5.03. The first-order valence-corrected chi connectivity index (χ1v) is 6.85. The number of nitrogens with one attached hydrogen (secondary N) is 1. The van der Waals surface area contributed by atoms with Crippen LogP contribution in [0.1, 0.15) is 40.9 Å². The Labute approximate surface area is 115 Å². The molecule has 1 N–H and O–H groups in total. The summed E-state index contributed by atoms with van der Waals surface area (Å²) in [6.45, 7) is 9.47. The van der Waals surface area contributed by atoms with Crippen molar-refractivity contribution in [1.82, 2.24) is 10.3 Å². The van der Waals surface area contributed by atoms with E-state index >= 15 is 0 Å². The van der Waals surface area contributed by atoms with Crippen molar-refractivity contribution in [3.8, 4) is 0 Å². The van der Waals surface area contributed by atoms with Crippen molar-refractivity contribution >= 4 is 0 Å². The minimum atomic E-state index is 0.221. The van der Waals surface area contributed by atoms with Crippen LogP contribution in [0.5, 0.6) is 0 Å². The number of benzene rings is 1. The van der Waals surface area contributed by atoms with Crippen LogP contribution in [0.25, 0.3) is 0 Å². The maximum Gasteiger partial charge on any atom is 0.0597 e. The van der Waals surface area contributed by atoms with E-state index in [1.807, 2.05) is 12.3 Å². The smallest absolute Gasteiger partial charge is 0.0597 e. The van der Waals surface area contributed by atoms with E-state index in [9.17, 15) is 0 Å². The minimum Gasteiger partial charge on any atom is -0.306 e. The molecule has 1 aromatic carbocycles. The van der Waals surface area contributed by atoms with Crippen molar-refractivity contribution in [2.24, 2.45) is 0 Å². The molecule has 0 spiro atoms. The molecule has 100 valence electrons. The average molecular weight is 254 g/mol. The van der Waals surface area contributed by atoms with Crippen molar-refractivity contribution in [2.75, 3.05) is 6.54 Å². The van der Waals surface area contributed by atoms with Crippen molar-refractivity contribution < 1.29 is 0 Å². The molecular formula is C17H22N2. The zero-order chi connectivity index (χ0) is 13.8. The number of hydrogen-bond acceptors (Lipinski definition) is 2. The molecule has 0 fully saturated rings. The van der Waals surface area contributed by atoms with Crippen LogP contribution < -0.4 is 5.32 Å². The number of pyridine rings is 1. The molecule has 0 saturated heterocycles. The van der Waals surface area contributed by atoms with Crippen LogP contribution in [-0.4, -0.2) is 11.5 Å². The fourth-order valence-corrected chi connectivity index (χ4v) is 2.46. The Morgan fingerprint density at radius 2 is 1.89 bits per heavy atom. The third-order valence-electron chi connectivity index (χ3n) is 3.51. The molecule has 1 atom stereocenters. The first-order chi connectivity index (χ1) is 9.13. The van der Waals surface area contributed by atoms with Crippen LogP contribution in [0.4, 0.5) is 0 Å². The second-order valence-corrected chi connectivity index (χ2v) is 5.03. The Bertz CT molecular complexity index is 561. The van der Waals surface area contributed by atoms with Crippen LogP contribution in [-0.2, 0) is 0 Å². The lowest BCUT2D eigenvalue weighted by molar-refractivity contribution is 0.621. The lowest BCUT2D eigenvalue weighted by atomic mass is 9.93. The van der Waals surface area contributed by atoms with Gasteiger partial charge in [0, 0.05) is 11.9 Å². The fraction of sp³-hybridized carbons (Fsp3) is 0.353. The molecule has 2 aromatic rings. The Hall–Kier alpha value is -1.67. The third kappa shape index (κ3) is 3.02. The summed E-state index contributed by atoms with van der Waals surface area (Å²) in [6.07, 6.45) is 1.85. The summed E-state index contributed by atoms with van der Waals surface area (Å²) >= 11 is 0. The van der Waals surface area contributed by atoms with Crippen molar-refractivity contribution in [1.29, 1.82) is 0 Å². The van der Waals surface area contributed by atoms with Gasteiger partial charge in [-0.25, -0.2) is 0 Å². The van der Waals surface area contributed by atoms with E-state index in [1.54, 1.807) is 0 Å². The van der Waals surface area contributed by atoms with Gasteiger partial charge in [-0.3, -0.25) is 4.98 Å². The number of nitrogens with zero attached hydrogens (tertiary/aromatic N) is 1. The Morgan fingerprint density at radius 1 is 1.11 bits per heavy atom. The molecular weight excluding hydrogens is 232 g/mol. The molecule has 2 nitrogen and oxygen atoms in total. The topological polar surface area (TPSA) is 24.9 Å². The van der Waals surface area contributed by atoms with E-state index in [0.29, 0.717) is 0 Å². The van der Waals surface area contributed by atoms with E-state index in [-0.39, 0.29) is 6.04 Å². The molecule has 0 aliphatic rings. The molecule has 19 heavy (non-hydrogen) atoms. The maximum atomic E-state index is 4.42. The highest BCUT2D eigenvalue weighted by Gasteiger charge is 2.17. The summed E-state index contributed by atoms with van der Waals surface area (Å²) in [5.74, 6) is 0. The number of aromatic nitrogens is 1. The molecule has 2 rings (SSSR count). The quantitative estimate of drug-likeness (QED) is 0.899. The van der Waals surface area contributed by atoms with Gasteiger partial charge in [0.2, 0.25) is 0 Å². The van der Waals surface area contributed by atoms with Crippen LogP contribution in [0, 0.1) is 20.8 Å². The SMILES string of the molecule is CCNC(c1cc(C)ccc1C)c1cccnc1C. The number of rotatable bonds is 4. The predicted octanol–water partition coefficient (Wildman–Crippen LogP) is 3.71. The van der Waals surface area contributed by atoms with Crippen molar-refractivity contribution in [2.45, 2.75) is 33.7 Å². The molecule has 0 aliphatic carbocycles. The molecule has 0 bridgehead atoms. The Kier molecular flexibility index (Phi) is 4.33. The number of hydrogen-bond donors (Lipinski definition) is 1. The monoisotopic (exact) mass is 254 g/mol. The first kappa shape index (κ1) is 13.8. The highest BCUT2D eigenvalue weighted by molar-refractivity contribution is 5.40. The van der Waals surface area contributed by atoms with Crippen LogP contribution in [0.15, 0.2) is 36.5 Å². The fourth-order valence-electron chi connectivity index (χ4n) is 2.46. The standard InChI is InChI=1S/C17H22N2/c1-5-18-17(15-7-6-10-19-14(15)4)16-11-12(2)8-9-13(16)3/h6-11,17-18H,5H2,1-4H3. The molecule has 0 aliphatic heterocycles. The maximum absolute atomic E-state index is 4.42. The lowest BCUT2D eigenvalue weighted by Crippen LogP contribution is -2.24. The van der Waals surface area contributed by atoms with E-state index in [2.05, 4.69) is 62.3 Å². The first-order valence-electron chi connectivity index (χ1n) is 6.85. The van der Waals surface area contributed by atoms with Crippen molar-refractivity contribution in [3.05, 3.63) is 64.5 Å². The summed E-state index contributed by atoms with van der Waals surface area (Å²) in [4.78, 5) is 4.42. The van der Waals surface area contributed by atoms with Gasteiger partial charge in [-0.05, 0) is 50.1 Å². The van der Waals surface area contributed by atoms with Crippen LogP contribution in [0.3, 0.4) is 0 Å². The molecule has 0 amide bonds. The third-order valence-corrected chi connectivity index (χ3v) is 3.51. The average Bonchev–Trinajstić information content (AvgIpc) is 2.40. The molecule has 0 saturated carbocycles. The van der Waals surface area contributed by atoms with Crippen LogP contribution >= 0.6 is 0 Å². The summed E-state index contributed by atoms with van der Waals surface area (Å²) in [6, 6.07) is 11.0. The normalized spacial score (nSPS) is 12.4. The zero-order valence-corrected chi connectivity index (χ0v) is 12.2. The lowest BCUT2D eigenvalue weighted by Gasteiger charge is -2.22. The largest absolute Gasteiger partial charge is 0.306 e. The summed E-state index contributed by atoms with van der Waals surface area (Å²) in [7, 11) is 0. The van der Waals surface area contributed by atoms with Gasteiger partial charge in [-0.1, -0.05) is 36.8 Å². The summed E-state index contributed by atoms with van der Waals surface area (Å²) in [5, 5.41) is 3.58. The van der Waals surface area contributed by atoms with E-state index in [1.165, 1.54) is 22.3 Å². The zero-order valence-electron chi connectivity index (χ0n) is 12.2. The van der Waals surface area contributed by atoms with Gasteiger partial charge in [-0.15, -0.1) is 0 Å². The van der Waals surface area contributed by atoms with Gasteiger partial charge in [-0.2, -0.15) is 0 Å². The van der Waals surface area contributed by atoms with Gasteiger partial charge < -0.3 is 5.32 Å². The Balaban J connectivity index is 2.51. The summed E-state index contributed by atoms with van der Waals surface area (Å²) < 4.78 is 0. The Morgan fingerprint density at radius 3 is 2.58 bits per heavy atom. The van der Waals surface area contributed by atoms with Crippen molar-refractivity contribution in [3.63, 3.8) is 0 Å².